The Hall–Kier alpha value is -1.75. The molecule has 1 heterocycles. The summed E-state index contributed by atoms with van der Waals surface area (Å²) < 4.78 is 21.8. The average Bonchev–Trinajstić information content (AvgIpc) is 2.61. The third kappa shape index (κ3) is 7.78. The number of aromatic nitrogens is 3. The van der Waals surface area contributed by atoms with Crippen molar-refractivity contribution in [2.75, 3.05) is 68.9 Å². The lowest BCUT2D eigenvalue weighted by molar-refractivity contribution is 0.0928. The van der Waals surface area contributed by atoms with Crippen LogP contribution in [0, 0.1) is 0 Å². The Kier molecular flexibility index (Phi) is 10.7. The minimum Gasteiger partial charge on any atom is -0.368 e. The fourth-order valence-electron chi connectivity index (χ4n) is 1.76. The molecule has 2 N–H and O–H groups in total. The number of hydrogen-bond acceptors (Lipinski definition) is 10. The fourth-order valence-corrected chi connectivity index (χ4v) is 1.76. The van der Waals surface area contributed by atoms with Gasteiger partial charge in [-0.15, -0.1) is 0 Å². The van der Waals surface area contributed by atoms with E-state index in [1.165, 1.54) is 0 Å². The van der Waals surface area contributed by atoms with Crippen LogP contribution in [0.2, 0.25) is 0 Å². The third-order valence-electron chi connectivity index (χ3n) is 3.00. The lowest BCUT2D eigenvalue weighted by atomic mass is 10.6. The van der Waals surface area contributed by atoms with E-state index in [4.69, 9.17) is 24.7 Å². The number of hydrogen-bond donors (Lipinski definition) is 1. The summed E-state index contributed by atoms with van der Waals surface area (Å²) in [7, 11) is 0. The van der Waals surface area contributed by atoms with E-state index < -0.39 is 0 Å². The van der Waals surface area contributed by atoms with Gasteiger partial charge in [0.05, 0.1) is 0 Å². The summed E-state index contributed by atoms with van der Waals surface area (Å²) in [6.45, 7) is 11.1. The van der Waals surface area contributed by atoms with E-state index in [0.29, 0.717) is 38.3 Å². The van der Waals surface area contributed by atoms with Gasteiger partial charge in [0.15, 0.2) is 0 Å². The number of rotatable bonds is 14. The number of anilines is 3. The summed E-state index contributed by atoms with van der Waals surface area (Å²) in [4.78, 5) is 16.4. The summed E-state index contributed by atoms with van der Waals surface area (Å²) in [5.41, 5.74) is 5.87. The molecule has 0 saturated carbocycles. The van der Waals surface area contributed by atoms with Gasteiger partial charge in [0.25, 0.3) is 0 Å². The van der Waals surface area contributed by atoms with Crippen LogP contribution < -0.4 is 15.5 Å². The van der Waals surface area contributed by atoms with Gasteiger partial charge in [-0.2, -0.15) is 15.0 Å². The Labute approximate surface area is 149 Å². The quantitative estimate of drug-likeness (QED) is 0.485. The van der Waals surface area contributed by atoms with Crippen LogP contribution in [0.5, 0.6) is 0 Å². The Balaban J connectivity index is 3.02. The molecule has 0 radical (unpaired) electrons. The van der Waals surface area contributed by atoms with Crippen molar-refractivity contribution < 1.29 is 18.9 Å². The largest absolute Gasteiger partial charge is 0.368 e. The Bertz CT molecular complexity index is 425. The maximum atomic E-state index is 5.87. The molecule has 0 saturated heterocycles. The van der Waals surface area contributed by atoms with Crippen LogP contribution in [0.25, 0.3) is 0 Å². The summed E-state index contributed by atoms with van der Waals surface area (Å²) in [5.74, 6) is 0.862. The number of ether oxygens (including phenoxy) is 4. The molecular weight excluding hydrogens is 328 g/mol. The maximum absolute atomic E-state index is 5.87. The number of nitrogens with zero attached hydrogens (tertiary/aromatic N) is 5. The zero-order valence-electron chi connectivity index (χ0n) is 15.6. The van der Waals surface area contributed by atoms with Gasteiger partial charge in [-0.3, -0.25) is 9.80 Å². The molecule has 1 rings (SSSR count). The van der Waals surface area contributed by atoms with E-state index in [0.717, 1.165) is 0 Å². The molecule has 0 amide bonds. The normalized spacial score (nSPS) is 10.9. The fraction of sp³-hybridized carbons (Fsp3) is 0.800. The molecule has 10 nitrogen and oxygen atoms in total. The van der Waals surface area contributed by atoms with Crippen molar-refractivity contribution in [2.24, 2.45) is 0 Å². The molecule has 25 heavy (non-hydrogen) atoms. The van der Waals surface area contributed by atoms with Crippen molar-refractivity contribution in [3.8, 4) is 0 Å². The zero-order chi connectivity index (χ0) is 18.5. The molecule has 0 aliphatic carbocycles. The standard InChI is InChI=1S/C15H30N6O4/c1-5-22-9-20(10-23-6-2)14-17-13(16)18-15(19-14)21(11-24-7-3)12-25-8-4/h5-12H2,1-4H3,(H2,16,17,18,19). The second kappa shape index (κ2) is 12.6. The Morgan fingerprint density at radius 1 is 0.640 bits per heavy atom. The van der Waals surface area contributed by atoms with E-state index in [-0.39, 0.29) is 32.9 Å². The third-order valence-corrected chi connectivity index (χ3v) is 3.00. The second-order valence-corrected chi connectivity index (χ2v) is 4.86. The molecule has 0 aliphatic rings. The van der Waals surface area contributed by atoms with Gasteiger partial charge in [-0.05, 0) is 27.7 Å². The molecule has 0 spiro atoms. The molecule has 144 valence electrons. The average molecular weight is 358 g/mol. The molecule has 0 atom stereocenters. The topological polar surface area (TPSA) is 108 Å². The Morgan fingerprint density at radius 2 is 0.960 bits per heavy atom. The van der Waals surface area contributed by atoms with Crippen LogP contribution in [-0.2, 0) is 18.9 Å². The molecule has 10 heteroatoms. The molecule has 0 aromatic carbocycles. The molecule has 0 fully saturated rings. The van der Waals surface area contributed by atoms with Crippen LogP contribution in [-0.4, -0.2) is 68.3 Å². The first-order valence-electron chi connectivity index (χ1n) is 8.48. The Morgan fingerprint density at radius 3 is 1.24 bits per heavy atom. The predicted molar refractivity (Wildman–Crippen MR) is 95.2 cm³/mol. The van der Waals surface area contributed by atoms with E-state index in [1.54, 1.807) is 9.80 Å². The number of nitrogens with two attached hydrogens (primary N) is 1. The summed E-state index contributed by atoms with van der Waals surface area (Å²) in [6.07, 6.45) is 0. The molecule has 0 aliphatic heterocycles. The van der Waals surface area contributed by atoms with Gasteiger partial charge in [-0.25, -0.2) is 0 Å². The van der Waals surface area contributed by atoms with E-state index in [1.807, 2.05) is 27.7 Å². The van der Waals surface area contributed by atoms with Crippen LogP contribution >= 0.6 is 0 Å². The van der Waals surface area contributed by atoms with E-state index in [9.17, 15) is 0 Å². The molecule has 0 unspecified atom stereocenters. The maximum Gasteiger partial charge on any atom is 0.235 e. The first-order chi connectivity index (χ1) is 12.2. The minimum absolute atomic E-state index is 0.107. The summed E-state index contributed by atoms with van der Waals surface area (Å²) in [5, 5.41) is 0. The highest BCUT2D eigenvalue weighted by Crippen LogP contribution is 2.16. The van der Waals surface area contributed by atoms with Gasteiger partial charge < -0.3 is 24.7 Å². The lowest BCUT2D eigenvalue weighted by Crippen LogP contribution is -2.34. The van der Waals surface area contributed by atoms with E-state index >= 15 is 0 Å². The van der Waals surface area contributed by atoms with Crippen molar-refractivity contribution in [3.63, 3.8) is 0 Å². The molecule has 0 bridgehead atoms. The smallest absolute Gasteiger partial charge is 0.235 e. The van der Waals surface area contributed by atoms with Crippen LogP contribution in [0.4, 0.5) is 17.8 Å². The predicted octanol–water partition coefficient (Wildman–Crippen LogP) is 1.04. The van der Waals surface area contributed by atoms with Crippen molar-refractivity contribution in [2.45, 2.75) is 27.7 Å². The highest BCUT2D eigenvalue weighted by atomic mass is 16.5. The molecule has 1 aromatic rings. The van der Waals surface area contributed by atoms with Crippen molar-refractivity contribution >= 4 is 17.8 Å². The van der Waals surface area contributed by atoms with Crippen molar-refractivity contribution in [1.29, 1.82) is 0 Å². The highest BCUT2D eigenvalue weighted by molar-refractivity contribution is 5.42. The lowest BCUT2D eigenvalue weighted by Gasteiger charge is -2.25. The SMILES string of the molecule is CCOCN(COCC)c1nc(N)nc(N(COCC)COCC)n1. The van der Waals surface area contributed by atoms with Gasteiger partial charge in [0.2, 0.25) is 17.8 Å². The number of nitrogen functional groups attached to an aromatic ring is 1. The van der Waals surface area contributed by atoms with Crippen LogP contribution in [0.1, 0.15) is 27.7 Å². The highest BCUT2D eigenvalue weighted by Gasteiger charge is 2.17. The van der Waals surface area contributed by atoms with E-state index in [2.05, 4.69) is 15.0 Å². The van der Waals surface area contributed by atoms with Crippen molar-refractivity contribution in [1.82, 2.24) is 15.0 Å². The second-order valence-electron chi connectivity index (χ2n) is 4.86. The van der Waals surface area contributed by atoms with Crippen LogP contribution in [0.15, 0.2) is 0 Å². The van der Waals surface area contributed by atoms with Crippen molar-refractivity contribution in [3.05, 3.63) is 0 Å². The molecule has 1 aromatic heterocycles. The first kappa shape index (κ1) is 21.3. The summed E-state index contributed by atoms with van der Waals surface area (Å²) >= 11 is 0. The van der Waals surface area contributed by atoms with Gasteiger partial charge >= 0.3 is 0 Å². The monoisotopic (exact) mass is 358 g/mol. The summed E-state index contributed by atoms with van der Waals surface area (Å²) in [6, 6.07) is 0. The van der Waals surface area contributed by atoms with Gasteiger partial charge in [0, 0.05) is 26.4 Å². The molecular formula is C15H30N6O4. The minimum atomic E-state index is 0.107. The van der Waals surface area contributed by atoms with Gasteiger partial charge in [-0.1, -0.05) is 0 Å². The van der Waals surface area contributed by atoms with Gasteiger partial charge in [0.1, 0.15) is 26.9 Å². The first-order valence-corrected chi connectivity index (χ1v) is 8.48. The zero-order valence-corrected chi connectivity index (χ0v) is 15.6. The van der Waals surface area contributed by atoms with Crippen LogP contribution in [0.3, 0.4) is 0 Å².